The van der Waals surface area contributed by atoms with Crippen molar-refractivity contribution in [1.29, 1.82) is 0 Å². The lowest BCUT2D eigenvalue weighted by atomic mass is 9.78. The Labute approximate surface area is 207 Å². The molecule has 2 aromatic carbocycles. The van der Waals surface area contributed by atoms with Gasteiger partial charge in [-0.05, 0) is 58.0 Å². The Bertz CT molecular complexity index is 980. The normalized spacial score (nSPS) is 13.6. The molecule has 0 fully saturated rings. The number of aliphatic hydroxyl groups excluding tert-OH is 2. The van der Waals surface area contributed by atoms with Gasteiger partial charge in [0.25, 0.3) is 0 Å². The molecule has 8 heteroatoms. The van der Waals surface area contributed by atoms with Crippen molar-refractivity contribution in [2.45, 2.75) is 38.0 Å². The zero-order valence-electron chi connectivity index (χ0n) is 18.1. The summed E-state index contributed by atoms with van der Waals surface area (Å²) in [6.45, 7) is 5.15. The van der Waals surface area contributed by atoms with Crippen LogP contribution >= 0.6 is 34.2 Å². The average molecular weight is 567 g/mol. The van der Waals surface area contributed by atoms with Gasteiger partial charge in [0.15, 0.2) is 0 Å². The molecule has 0 spiro atoms. The summed E-state index contributed by atoms with van der Waals surface area (Å²) in [6.07, 6.45) is 3.86. The molecule has 0 amide bonds. The van der Waals surface area contributed by atoms with Gasteiger partial charge in [0.1, 0.15) is 36.9 Å². The van der Waals surface area contributed by atoms with Gasteiger partial charge in [0.2, 0.25) is 0 Å². The summed E-state index contributed by atoms with van der Waals surface area (Å²) < 4.78 is 14.2. The molecule has 0 aliphatic heterocycles. The van der Waals surface area contributed by atoms with E-state index in [9.17, 15) is 10.2 Å². The summed E-state index contributed by atoms with van der Waals surface area (Å²) in [5, 5.41) is 19.7. The Morgan fingerprint density at radius 3 is 2.34 bits per heavy atom. The van der Waals surface area contributed by atoms with Crippen LogP contribution in [0, 0.1) is 3.57 Å². The second kappa shape index (κ2) is 11.4. The van der Waals surface area contributed by atoms with Gasteiger partial charge >= 0.3 is 0 Å². The monoisotopic (exact) mass is 566 g/mol. The van der Waals surface area contributed by atoms with Crippen molar-refractivity contribution in [3.63, 3.8) is 0 Å². The summed E-state index contributed by atoms with van der Waals surface area (Å²) in [5.41, 5.74) is 2.07. The van der Waals surface area contributed by atoms with Crippen LogP contribution in [-0.4, -0.2) is 51.1 Å². The number of alkyl halides is 1. The minimum Gasteiger partial charge on any atom is -0.491 e. The van der Waals surface area contributed by atoms with Crippen LogP contribution in [-0.2, 0) is 12.0 Å². The highest BCUT2D eigenvalue weighted by atomic mass is 123. The van der Waals surface area contributed by atoms with E-state index in [1.54, 1.807) is 12.5 Å². The van der Waals surface area contributed by atoms with E-state index in [4.69, 9.17) is 21.1 Å². The minimum absolute atomic E-state index is 0.144. The van der Waals surface area contributed by atoms with Gasteiger partial charge in [0, 0.05) is 17.8 Å². The number of aromatic nitrogens is 2. The van der Waals surface area contributed by atoms with Crippen molar-refractivity contribution in [3.8, 4) is 11.5 Å². The van der Waals surface area contributed by atoms with Crippen molar-refractivity contribution in [1.82, 2.24) is 9.55 Å². The maximum Gasteiger partial charge on any atom is 0.132 e. The molecule has 3 rings (SSSR count). The molecule has 2 atom stereocenters. The van der Waals surface area contributed by atoms with Crippen LogP contribution in [0.15, 0.2) is 61.2 Å². The summed E-state index contributed by atoms with van der Waals surface area (Å²) in [5.74, 6) is 1.59. The minimum atomic E-state index is -0.684. The van der Waals surface area contributed by atoms with E-state index in [0.717, 1.165) is 20.4 Å². The molecule has 1 aromatic heterocycles. The van der Waals surface area contributed by atoms with Crippen molar-refractivity contribution in [2.75, 3.05) is 19.1 Å². The lowest BCUT2D eigenvalue weighted by Crippen LogP contribution is -2.23. The van der Waals surface area contributed by atoms with Crippen molar-refractivity contribution in [2.24, 2.45) is 0 Å². The standard InChI is InChI=1S/C24H28ClIN2O4/c1-24(2,18-5-8-23(22(26)11-18)32-14-19(29)12-25)17-3-6-21(7-4-17)31-15-20(30)13-28-10-9-27-16-28/h3-11,16,19-20,29-30H,12-15H2,1-2H3/t19-,20-/m1/s1/i26-4. The number of ether oxygens (including phenoxy) is 2. The molecule has 0 unspecified atom stereocenters. The maximum absolute atomic E-state index is 10.1. The summed E-state index contributed by atoms with van der Waals surface area (Å²) in [4.78, 5) is 3.97. The Kier molecular flexibility index (Phi) is 8.81. The molecule has 6 nitrogen and oxygen atoms in total. The number of halogens is 2. The zero-order chi connectivity index (χ0) is 23.1. The summed E-state index contributed by atoms with van der Waals surface area (Å²) in [7, 11) is 0. The first kappa shape index (κ1) is 24.8. The number of hydrogen-bond acceptors (Lipinski definition) is 5. The number of hydrogen-bond donors (Lipinski definition) is 2. The number of rotatable bonds is 11. The van der Waals surface area contributed by atoms with Gasteiger partial charge in [0.05, 0.1) is 22.3 Å². The molecule has 0 saturated carbocycles. The van der Waals surface area contributed by atoms with Crippen LogP contribution in [0.4, 0.5) is 0 Å². The van der Waals surface area contributed by atoms with E-state index >= 15 is 0 Å². The molecular formula is C24H28ClIN2O4. The smallest absolute Gasteiger partial charge is 0.132 e. The van der Waals surface area contributed by atoms with Gasteiger partial charge in [-0.2, -0.15) is 0 Å². The topological polar surface area (TPSA) is 76.7 Å². The van der Waals surface area contributed by atoms with Crippen LogP contribution < -0.4 is 9.47 Å². The van der Waals surface area contributed by atoms with E-state index in [1.807, 2.05) is 47.2 Å². The first-order valence-corrected chi connectivity index (χ1v) is 11.9. The van der Waals surface area contributed by atoms with Gasteiger partial charge in [-0.25, -0.2) is 4.98 Å². The first-order chi connectivity index (χ1) is 15.3. The van der Waals surface area contributed by atoms with Crippen LogP contribution in [0.2, 0.25) is 0 Å². The maximum atomic E-state index is 10.1. The van der Waals surface area contributed by atoms with Crippen molar-refractivity contribution >= 4 is 34.2 Å². The van der Waals surface area contributed by atoms with E-state index in [2.05, 4.69) is 47.5 Å². The van der Waals surface area contributed by atoms with E-state index in [1.165, 1.54) is 0 Å². The third-order valence-electron chi connectivity index (χ3n) is 5.26. The predicted molar refractivity (Wildman–Crippen MR) is 134 cm³/mol. The Morgan fingerprint density at radius 1 is 1.03 bits per heavy atom. The summed E-state index contributed by atoms with van der Waals surface area (Å²) in [6, 6.07) is 14.0. The number of benzene rings is 2. The van der Waals surface area contributed by atoms with Crippen LogP contribution in [0.5, 0.6) is 11.5 Å². The van der Waals surface area contributed by atoms with E-state index < -0.39 is 12.2 Å². The number of aliphatic hydroxyl groups is 2. The molecular weight excluding hydrogens is 539 g/mol. The predicted octanol–water partition coefficient (Wildman–Crippen LogP) is 4.23. The fraction of sp³-hybridized carbons (Fsp3) is 0.375. The van der Waals surface area contributed by atoms with Gasteiger partial charge in [-0.1, -0.05) is 32.0 Å². The highest BCUT2D eigenvalue weighted by molar-refractivity contribution is 14.1. The van der Waals surface area contributed by atoms with E-state index in [-0.39, 0.29) is 24.5 Å². The van der Waals surface area contributed by atoms with E-state index in [0.29, 0.717) is 12.3 Å². The second-order valence-corrected chi connectivity index (χ2v) is 9.61. The highest BCUT2D eigenvalue weighted by Crippen LogP contribution is 2.35. The first-order valence-electron chi connectivity index (χ1n) is 10.3. The van der Waals surface area contributed by atoms with Crippen molar-refractivity contribution < 1.29 is 19.7 Å². The molecule has 0 saturated heterocycles. The zero-order valence-corrected chi connectivity index (χ0v) is 21.0. The third kappa shape index (κ3) is 6.60. The number of nitrogens with zero attached hydrogens (tertiary/aromatic N) is 2. The van der Waals surface area contributed by atoms with Gasteiger partial charge in [-0.15, -0.1) is 11.6 Å². The fourth-order valence-corrected chi connectivity index (χ4v) is 4.01. The van der Waals surface area contributed by atoms with Crippen LogP contribution in [0.3, 0.4) is 0 Å². The highest BCUT2D eigenvalue weighted by Gasteiger charge is 2.24. The SMILES string of the molecule is CC(C)(c1ccc(OC[C@H](O)Cn2ccnc2)cc1)c1ccc(OC[C@H](O)CCl)c([123I])c1. The molecule has 0 aliphatic carbocycles. The molecule has 32 heavy (non-hydrogen) atoms. The van der Waals surface area contributed by atoms with Gasteiger partial charge < -0.3 is 24.3 Å². The molecule has 0 bridgehead atoms. The third-order valence-corrected chi connectivity index (χ3v) is 6.46. The largest absolute Gasteiger partial charge is 0.491 e. The Hall–Kier alpha value is -1.81. The van der Waals surface area contributed by atoms with Gasteiger partial charge in [-0.3, -0.25) is 0 Å². The average Bonchev–Trinajstić information content (AvgIpc) is 3.29. The molecule has 172 valence electrons. The Morgan fingerprint density at radius 2 is 1.72 bits per heavy atom. The fourth-order valence-electron chi connectivity index (χ4n) is 3.25. The molecule has 2 N–H and O–H groups in total. The summed E-state index contributed by atoms with van der Waals surface area (Å²) >= 11 is 7.87. The lowest BCUT2D eigenvalue weighted by Gasteiger charge is -2.27. The lowest BCUT2D eigenvalue weighted by molar-refractivity contribution is 0.0924. The number of imidazole rings is 1. The second-order valence-electron chi connectivity index (χ2n) is 8.14. The molecule has 3 aromatic rings. The molecule has 0 radical (unpaired) electrons. The quantitative estimate of drug-likeness (QED) is 0.268. The molecule has 1 heterocycles. The van der Waals surface area contributed by atoms with Crippen LogP contribution in [0.25, 0.3) is 0 Å². The molecule has 0 aliphatic rings. The van der Waals surface area contributed by atoms with Crippen LogP contribution in [0.1, 0.15) is 25.0 Å². The Balaban J connectivity index is 1.62. The van der Waals surface area contributed by atoms with Crippen molar-refractivity contribution in [3.05, 3.63) is 75.9 Å².